The lowest BCUT2D eigenvalue weighted by Gasteiger charge is -2.37. The number of hydrogen-bond acceptors (Lipinski definition) is 7. The van der Waals surface area contributed by atoms with Gasteiger partial charge >= 0.3 is 0 Å². The summed E-state index contributed by atoms with van der Waals surface area (Å²) in [4.78, 5) is 16.5. The maximum Gasteiger partial charge on any atom is 0.224 e. The van der Waals surface area contributed by atoms with Gasteiger partial charge in [-0.3, -0.25) is 9.69 Å². The maximum absolute atomic E-state index is 11.9. The third kappa shape index (κ3) is 5.74. The van der Waals surface area contributed by atoms with E-state index in [1.165, 1.54) is 5.69 Å². The molecule has 8 nitrogen and oxygen atoms in total. The Morgan fingerprint density at radius 2 is 1.79 bits per heavy atom. The molecule has 2 N–H and O–H groups in total. The standard InChI is InChI=1S/C26H31N3O5/c1-3-16-33-24-10-9-23(22-8-11-25(31)27-26(22)24)34-18-20(30)17-28-12-14-29(15-13-28)19-4-6-21(32-2)7-5-19/h1,4-7,9-10,20,30H,8,11-18H2,2H3,(H,27,31). The van der Waals surface area contributed by atoms with Crippen molar-refractivity contribution in [1.82, 2.24) is 4.90 Å². The van der Waals surface area contributed by atoms with Crippen LogP contribution in [0.5, 0.6) is 17.2 Å². The molecule has 0 radical (unpaired) electrons. The minimum absolute atomic E-state index is 0.0657. The van der Waals surface area contributed by atoms with Crippen molar-refractivity contribution in [3.8, 4) is 29.6 Å². The van der Waals surface area contributed by atoms with Crippen LogP contribution in [-0.2, 0) is 11.2 Å². The van der Waals surface area contributed by atoms with Gasteiger partial charge in [0.15, 0.2) is 0 Å². The minimum atomic E-state index is -0.626. The summed E-state index contributed by atoms with van der Waals surface area (Å²) in [6, 6.07) is 11.6. The normalized spacial score (nSPS) is 16.7. The Morgan fingerprint density at radius 3 is 2.50 bits per heavy atom. The Morgan fingerprint density at radius 1 is 1.06 bits per heavy atom. The van der Waals surface area contributed by atoms with Crippen molar-refractivity contribution in [2.75, 3.05) is 63.3 Å². The first-order valence-electron chi connectivity index (χ1n) is 11.5. The van der Waals surface area contributed by atoms with Gasteiger partial charge in [0.1, 0.15) is 36.6 Å². The number of hydrogen-bond donors (Lipinski definition) is 2. The van der Waals surface area contributed by atoms with Crippen LogP contribution in [0, 0.1) is 12.3 Å². The number of ether oxygens (including phenoxy) is 3. The van der Waals surface area contributed by atoms with Gasteiger partial charge in [-0.15, -0.1) is 6.42 Å². The zero-order chi connectivity index (χ0) is 23.9. The van der Waals surface area contributed by atoms with Crippen molar-refractivity contribution in [1.29, 1.82) is 0 Å². The number of nitrogens with zero attached hydrogens (tertiary/aromatic N) is 2. The molecule has 2 aromatic rings. The van der Waals surface area contributed by atoms with Gasteiger partial charge in [0, 0.05) is 50.4 Å². The zero-order valence-corrected chi connectivity index (χ0v) is 19.5. The van der Waals surface area contributed by atoms with E-state index in [0.29, 0.717) is 36.6 Å². The van der Waals surface area contributed by atoms with Gasteiger partial charge < -0.3 is 29.5 Å². The fourth-order valence-electron chi connectivity index (χ4n) is 4.33. The summed E-state index contributed by atoms with van der Waals surface area (Å²) in [7, 11) is 1.67. The number of terminal acetylenes is 1. The second-order valence-electron chi connectivity index (χ2n) is 8.41. The van der Waals surface area contributed by atoms with Crippen molar-refractivity contribution in [2.24, 2.45) is 0 Å². The SMILES string of the molecule is C#CCOc1ccc(OCC(O)CN2CCN(c3ccc(OC)cc3)CC2)c2c1NC(=O)CC2. The molecule has 1 unspecified atom stereocenters. The number of amides is 1. The molecule has 0 saturated carbocycles. The molecule has 2 heterocycles. The number of rotatable bonds is 9. The highest BCUT2D eigenvalue weighted by Gasteiger charge is 2.24. The molecule has 2 aromatic carbocycles. The summed E-state index contributed by atoms with van der Waals surface area (Å²) in [5, 5.41) is 13.5. The quantitative estimate of drug-likeness (QED) is 0.549. The van der Waals surface area contributed by atoms with Crippen LogP contribution in [-0.4, -0.2) is 75.1 Å². The zero-order valence-electron chi connectivity index (χ0n) is 19.5. The van der Waals surface area contributed by atoms with Crippen molar-refractivity contribution >= 4 is 17.3 Å². The summed E-state index contributed by atoms with van der Waals surface area (Å²) in [5.74, 6) is 4.39. The Bertz CT molecular complexity index is 1030. The number of fused-ring (bicyclic) bond motifs is 1. The lowest BCUT2D eigenvalue weighted by atomic mass is 10.0. The van der Waals surface area contributed by atoms with E-state index in [4.69, 9.17) is 20.6 Å². The highest BCUT2D eigenvalue weighted by molar-refractivity contribution is 5.96. The maximum atomic E-state index is 11.9. The van der Waals surface area contributed by atoms with E-state index in [1.807, 2.05) is 18.2 Å². The largest absolute Gasteiger partial charge is 0.497 e. The molecule has 8 heteroatoms. The van der Waals surface area contributed by atoms with Crippen molar-refractivity contribution < 1.29 is 24.1 Å². The molecule has 0 spiro atoms. The van der Waals surface area contributed by atoms with Crippen LogP contribution in [0.25, 0.3) is 0 Å². The fraction of sp³-hybridized carbons (Fsp3) is 0.423. The van der Waals surface area contributed by atoms with Crippen LogP contribution in [0.4, 0.5) is 11.4 Å². The van der Waals surface area contributed by atoms with E-state index in [0.717, 1.165) is 37.5 Å². The molecule has 0 bridgehead atoms. The van der Waals surface area contributed by atoms with Gasteiger partial charge in [-0.2, -0.15) is 0 Å². The molecule has 0 aliphatic carbocycles. The molecule has 4 rings (SSSR count). The highest BCUT2D eigenvalue weighted by atomic mass is 16.5. The van der Waals surface area contributed by atoms with E-state index in [9.17, 15) is 9.90 Å². The smallest absolute Gasteiger partial charge is 0.224 e. The highest BCUT2D eigenvalue weighted by Crippen LogP contribution is 2.39. The first-order chi connectivity index (χ1) is 16.6. The molecular formula is C26H31N3O5. The Hall–Kier alpha value is -3.41. The van der Waals surface area contributed by atoms with Gasteiger partial charge in [0.05, 0.1) is 12.8 Å². The van der Waals surface area contributed by atoms with Gasteiger partial charge in [0.2, 0.25) is 5.91 Å². The van der Waals surface area contributed by atoms with Gasteiger partial charge in [0.25, 0.3) is 0 Å². The second-order valence-corrected chi connectivity index (χ2v) is 8.41. The summed E-state index contributed by atoms with van der Waals surface area (Å²) in [6.07, 6.45) is 5.59. The lowest BCUT2D eigenvalue weighted by Crippen LogP contribution is -2.49. The molecule has 2 aliphatic rings. The van der Waals surface area contributed by atoms with Crippen molar-refractivity contribution in [3.63, 3.8) is 0 Å². The number of anilines is 2. The molecular weight excluding hydrogens is 434 g/mol. The Labute approximate surface area is 200 Å². The van der Waals surface area contributed by atoms with Crippen LogP contribution in [0.3, 0.4) is 0 Å². The minimum Gasteiger partial charge on any atom is -0.497 e. The van der Waals surface area contributed by atoms with Gasteiger partial charge in [-0.25, -0.2) is 0 Å². The van der Waals surface area contributed by atoms with Gasteiger partial charge in [-0.1, -0.05) is 5.92 Å². The average Bonchev–Trinajstić information content (AvgIpc) is 2.87. The topological polar surface area (TPSA) is 83.5 Å². The second kappa shape index (κ2) is 11.1. The fourth-order valence-corrected chi connectivity index (χ4v) is 4.33. The van der Waals surface area contributed by atoms with E-state index >= 15 is 0 Å². The monoisotopic (exact) mass is 465 g/mol. The predicted octanol–water partition coefficient (Wildman–Crippen LogP) is 2.15. The molecule has 1 amide bonds. The number of carbonyl (C=O) groups excluding carboxylic acids is 1. The first kappa shape index (κ1) is 23.7. The van der Waals surface area contributed by atoms with Crippen molar-refractivity contribution in [3.05, 3.63) is 42.0 Å². The predicted molar refractivity (Wildman–Crippen MR) is 131 cm³/mol. The van der Waals surface area contributed by atoms with Crippen LogP contribution < -0.4 is 24.4 Å². The summed E-state index contributed by atoms with van der Waals surface area (Å²) < 4.78 is 16.8. The van der Waals surface area contributed by atoms with Crippen molar-refractivity contribution in [2.45, 2.75) is 18.9 Å². The van der Waals surface area contributed by atoms with Gasteiger partial charge in [-0.05, 0) is 42.8 Å². The van der Waals surface area contributed by atoms with E-state index in [1.54, 1.807) is 13.2 Å². The molecule has 0 aromatic heterocycles. The summed E-state index contributed by atoms with van der Waals surface area (Å²) in [6.45, 7) is 4.35. The number of piperazine rings is 1. The van der Waals surface area contributed by atoms with E-state index < -0.39 is 6.10 Å². The Kier molecular flexibility index (Phi) is 7.78. The number of methoxy groups -OCH3 is 1. The summed E-state index contributed by atoms with van der Waals surface area (Å²) in [5.41, 5.74) is 2.65. The molecule has 180 valence electrons. The number of nitrogens with one attached hydrogen (secondary N) is 1. The van der Waals surface area contributed by atoms with Crippen LogP contribution in [0.1, 0.15) is 12.0 Å². The summed E-state index contributed by atoms with van der Waals surface area (Å²) >= 11 is 0. The Balaban J connectivity index is 1.29. The van der Waals surface area contributed by atoms with Crippen LogP contribution in [0.15, 0.2) is 36.4 Å². The molecule has 1 saturated heterocycles. The number of benzene rings is 2. The third-order valence-corrected chi connectivity index (χ3v) is 6.12. The molecule has 1 atom stereocenters. The lowest BCUT2D eigenvalue weighted by molar-refractivity contribution is -0.116. The number of aliphatic hydroxyl groups excluding tert-OH is 1. The first-order valence-corrected chi connectivity index (χ1v) is 11.5. The van der Waals surface area contributed by atoms with Crippen LogP contribution >= 0.6 is 0 Å². The van der Waals surface area contributed by atoms with E-state index in [-0.39, 0.29) is 19.1 Å². The number of carbonyl (C=O) groups is 1. The number of β-amino-alcohol motifs (C(OH)–C–C–N with tert-alkyl or cyclic N) is 1. The third-order valence-electron chi connectivity index (χ3n) is 6.12. The van der Waals surface area contributed by atoms with E-state index in [2.05, 4.69) is 33.2 Å². The molecule has 2 aliphatic heterocycles. The van der Waals surface area contributed by atoms with Crippen LogP contribution in [0.2, 0.25) is 0 Å². The average molecular weight is 466 g/mol. The molecule has 34 heavy (non-hydrogen) atoms. The molecule has 1 fully saturated rings. The number of aliphatic hydroxyl groups is 1.